The third-order valence-corrected chi connectivity index (χ3v) is 6.62. The highest BCUT2D eigenvalue weighted by atomic mass is 28.4. The van der Waals surface area contributed by atoms with Crippen molar-refractivity contribution in [1.82, 2.24) is 0 Å². The molecule has 2 aromatic rings. The summed E-state index contributed by atoms with van der Waals surface area (Å²) in [7, 11) is -3.91. The second-order valence-corrected chi connectivity index (χ2v) is 24.2. The molecular formula is C25H38O5Si3. The van der Waals surface area contributed by atoms with Gasteiger partial charge in [-0.1, -0.05) is 0 Å². The third kappa shape index (κ3) is 9.23. The molecule has 0 bridgehead atoms. The molecule has 2 aromatic carbocycles. The number of rotatable bonds is 10. The normalized spacial score (nSPS) is 12.5. The van der Waals surface area contributed by atoms with Crippen molar-refractivity contribution < 1.29 is 22.8 Å². The number of benzene rings is 2. The van der Waals surface area contributed by atoms with Gasteiger partial charge in [-0.05, 0) is 95.3 Å². The van der Waals surface area contributed by atoms with E-state index in [0.717, 1.165) is 11.3 Å². The average molecular weight is 503 g/mol. The Hall–Kier alpha value is -2.30. The number of ketones is 1. The van der Waals surface area contributed by atoms with Crippen LogP contribution in [-0.2, 0) is 0 Å². The lowest BCUT2D eigenvalue weighted by Crippen LogP contribution is -2.31. The van der Waals surface area contributed by atoms with Crippen LogP contribution < -0.4 is 18.0 Å². The molecule has 5 nitrogen and oxygen atoms in total. The summed E-state index contributed by atoms with van der Waals surface area (Å²) in [5.41, 5.74) is 1.36. The van der Waals surface area contributed by atoms with Crippen molar-refractivity contribution in [3.63, 3.8) is 0 Å². The summed E-state index contributed by atoms with van der Waals surface area (Å²) >= 11 is 0. The van der Waals surface area contributed by atoms with Gasteiger partial charge in [0, 0.05) is 17.7 Å². The second-order valence-electron chi connectivity index (χ2n) is 10.9. The Kier molecular flexibility index (Phi) is 8.42. The monoisotopic (exact) mass is 502 g/mol. The lowest BCUT2D eigenvalue weighted by Gasteiger charge is -2.26. The van der Waals surface area contributed by atoms with E-state index in [9.17, 15) is 4.79 Å². The van der Waals surface area contributed by atoms with Crippen LogP contribution in [-0.4, -0.2) is 37.8 Å². The molecule has 0 saturated heterocycles. The van der Waals surface area contributed by atoms with Gasteiger partial charge in [-0.3, -0.25) is 4.79 Å². The van der Waals surface area contributed by atoms with Gasteiger partial charge >= 0.3 is 0 Å². The maximum Gasteiger partial charge on any atom is 0.242 e. The molecule has 0 unspecified atom stereocenters. The first kappa shape index (κ1) is 26.9. The van der Waals surface area contributed by atoms with Crippen LogP contribution >= 0.6 is 0 Å². The largest absolute Gasteiger partial charge is 0.544 e. The molecule has 0 heterocycles. The Morgan fingerprint density at radius 2 is 1.15 bits per heavy atom. The number of hydrogen-bond donors (Lipinski definition) is 0. The summed E-state index contributed by atoms with van der Waals surface area (Å²) in [6, 6.07) is 11.0. The summed E-state index contributed by atoms with van der Waals surface area (Å²) in [5, 5.41) is 0. The van der Waals surface area contributed by atoms with Gasteiger partial charge < -0.3 is 18.0 Å². The van der Waals surface area contributed by atoms with E-state index in [1.807, 2.05) is 24.3 Å². The van der Waals surface area contributed by atoms with Crippen LogP contribution in [0.2, 0.25) is 58.9 Å². The zero-order valence-electron chi connectivity index (χ0n) is 21.7. The molecule has 0 saturated carbocycles. The second kappa shape index (κ2) is 10.3. The minimum Gasteiger partial charge on any atom is -0.544 e. The summed E-state index contributed by atoms with van der Waals surface area (Å²) in [6.45, 7) is 19.1. The Morgan fingerprint density at radius 1 is 0.697 bits per heavy atom. The molecule has 2 rings (SSSR count). The van der Waals surface area contributed by atoms with E-state index in [1.54, 1.807) is 31.4 Å². The first-order valence-corrected chi connectivity index (χ1v) is 21.4. The van der Waals surface area contributed by atoms with Gasteiger partial charge in [0.25, 0.3) is 0 Å². The van der Waals surface area contributed by atoms with Gasteiger partial charge in [0.15, 0.2) is 5.78 Å². The van der Waals surface area contributed by atoms with Crippen LogP contribution in [0.1, 0.15) is 15.9 Å². The molecule has 0 spiro atoms. The van der Waals surface area contributed by atoms with E-state index in [-0.39, 0.29) is 5.78 Å². The van der Waals surface area contributed by atoms with Gasteiger partial charge in [-0.15, -0.1) is 0 Å². The Bertz CT molecular complexity index is 958. The molecule has 0 fully saturated rings. The molecule has 0 aliphatic carbocycles. The van der Waals surface area contributed by atoms with Crippen LogP contribution in [0.4, 0.5) is 0 Å². The molecule has 0 radical (unpaired) electrons. The van der Waals surface area contributed by atoms with Crippen LogP contribution in [0.15, 0.2) is 42.5 Å². The first-order valence-electron chi connectivity index (χ1n) is 11.2. The van der Waals surface area contributed by atoms with Gasteiger partial charge in [0.05, 0.1) is 12.7 Å². The van der Waals surface area contributed by atoms with Crippen molar-refractivity contribution in [1.29, 1.82) is 0 Å². The van der Waals surface area contributed by atoms with Crippen LogP contribution in [0.3, 0.4) is 0 Å². The smallest absolute Gasteiger partial charge is 0.242 e. The molecule has 8 heteroatoms. The van der Waals surface area contributed by atoms with E-state index in [4.69, 9.17) is 18.0 Å². The molecule has 0 aliphatic heterocycles. The minimum atomic E-state index is -1.92. The lowest BCUT2D eigenvalue weighted by molar-refractivity contribution is 0.104. The standard InChI is InChI=1S/C25H38O5Si3/c1-27-21-17-24(29-32(5,6)7)22(25(18-21)30-33(8,9)10)15-16-23(26)19-11-13-20(14-12-19)28-31(2,3)4/h11-18H,1-10H3/b16-15+. The molecular weight excluding hydrogens is 465 g/mol. The van der Waals surface area contributed by atoms with E-state index < -0.39 is 25.0 Å². The van der Waals surface area contributed by atoms with Crippen molar-refractivity contribution in [2.45, 2.75) is 58.9 Å². The maximum absolute atomic E-state index is 12.9. The number of carbonyl (C=O) groups is 1. The minimum absolute atomic E-state index is 0.0942. The predicted octanol–water partition coefficient (Wildman–Crippen LogP) is 7.23. The number of carbonyl (C=O) groups excluding carboxylic acids is 1. The first-order chi connectivity index (χ1) is 15.1. The fraction of sp³-hybridized carbons (Fsp3) is 0.400. The topological polar surface area (TPSA) is 54.0 Å². The zero-order chi connectivity index (χ0) is 25.0. The Balaban J connectivity index is 2.43. The fourth-order valence-corrected chi connectivity index (χ4v) is 5.48. The molecule has 0 aromatic heterocycles. The highest BCUT2D eigenvalue weighted by Gasteiger charge is 2.24. The van der Waals surface area contributed by atoms with Gasteiger partial charge in [0.2, 0.25) is 25.0 Å². The van der Waals surface area contributed by atoms with Gasteiger partial charge in [-0.2, -0.15) is 0 Å². The van der Waals surface area contributed by atoms with Crippen molar-refractivity contribution in [2.24, 2.45) is 0 Å². The predicted molar refractivity (Wildman–Crippen MR) is 145 cm³/mol. The summed E-state index contributed by atoms with van der Waals surface area (Å²) in [6.07, 6.45) is 3.36. The molecule has 0 N–H and O–H groups in total. The Morgan fingerprint density at radius 3 is 1.55 bits per heavy atom. The van der Waals surface area contributed by atoms with E-state index in [2.05, 4.69) is 58.9 Å². The average Bonchev–Trinajstić information content (AvgIpc) is 2.63. The van der Waals surface area contributed by atoms with Crippen molar-refractivity contribution in [2.75, 3.05) is 7.11 Å². The van der Waals surface area contributed by atoms with Crippen molar-refractivity contribution >= 4 is 36.8 Å². The van der Waals surface area contributed by atoms with Crippen LogP contribution in [0.25, 0.3) is 6.08 Å². The fourth-order valence-electron chi connectivity index (χ4n) is 2.98. The molecule has 0 atom stereocenters. The highest BCUT2D eigenvalue weighted by Crippen LogP contribution is 2.38. The SMILES string of the molecule is COc1cc(O[Si](C)(C)C)c(/C=C/C(=O)c2ccc(O[Si](C)(C)C)cc2)c(O[Si](C)(C)C)c1. The molecule has 0 amide bonds. The number of methoxy groups -OCH3 is 1. The van der Waals surface area contributed by atoms with Crippen LogP contribution in [0, 0.1) is 0 Å². The highest BCUT2D eigenvalue weighted by molar-refractivity contribution is 6.71. The quantitative estimate of drug-likeness (QED) is 0.195. The van der Waals surface area contributed by atoms with Gasteiger partial charge in [0.1, 0.15) is 23.0 Å². The van der Waals surface area contributed by atoms with Crippen molar-refractivity contribution in [3.8, 4) is 23.0 Å². The zero-order valence-corrected chi connectivity index (χ0v) is 24.7. The maximum atomic E-state index is 12.9. The lowest BCUT2D eigenvalue weighted by atomic mass is 10.1. The summed E-state index contributed by atoms with van der Waals surface area (Å²) in [4.78, 5) is 12.9. The number of allylic oxidation sites excluding steroid dienone is 1. The van der Waals surface area contributed by atoms with Crippen molar-refractivity contribution in [3.05, 3.63) is 53.6 Å². The van der Waals surface area contributed by atoms with Gasteiger partial charge in [-0.25, -0.2) is 0 Å². The Labute approximate surface area is 202 Å². The molecule has 33 heavy (non-hydrogen) atoms. The van der Waals surface area contributed by atoms with E-state index in [1.165, 1.54) is 0 Å². The number of ether oxygens (including phenoxy) is 1. The third-order valence-electron chi connectivity index (χ3n) is 4.11. The summed E-state index contributed by atoms with van der Waals surface area (Å²) in [5.74, 6) is 2.71. The van der Waals surface area contributed by atoms with Crippen LogP contribution in [0.5, 0.6) is 23.0 Å². The van der Waals surface area contributed by atoms with E-state index in [0.29, 0.717) is 22.8 Å². The summed E-state index contributed by atoms with van der Waals surface area (Å²) < 4.78 is 24.2. The number of hydrogen-bond acceptors (Lipinski definition) is 5. The molecule has 180 valence electrons. The molecule has 0 aliphatic rings. The van der Waals surface area contributed by atoms with E-state index >= 15 is 0 Å².